The number of nitrogens with two attached hydrogens (primary N) is 1. The fraction of sp³-hybridized carbons (Fsp3) is 0.448. The van der Waals surface area contributed by atoms with Crippen LogP contribution in [0.2, 0.25) is 0 Å². The second-order valence-corrected chi connectivity index (χ2v) is 11.3. The molecule has 1 fully saturated rings. The van der Waals surface area contributed by atoms with E-state index >= 15 is 0 Å². The summed E-state index contributed by atoms with van der Waals surface area (Å²) in [6.45, 7) is 3.03. The minimum absolute atomic E-state index is 0.00974. The van der Waals surface area contributed by atoms with E-state index in [4.69, 9.17) is 10.5 Å². The molecule has 4 N–H and O–H groups in total. The molecular weight excluding hydrogens is 606 g/mol. The molecule has 3 aliphatic rings. The zero-order valence-electron chi connectivity index (χ0n) is 24.4. The molecule has 0 spiro atoms. The predicted octanol–water partition coefficient (Wildman–Crippen LogP) is 5.18. The lowest BCUT2D eigenvalue weighted by Gasteiger charge is -2.38. The highest BCUT2D eigenvalue weighted by molar-refractivity contribution is 5.99. The molecule has 5 rings (SSSR count). The summed E-state index contributed by atoms with van der Waals surface area (Å²) in [7, 11) is 1.54. The highest BCUT2D eigenvalue weighted by Gasteiger charge is 2.54. The monoisotopic (exact) mass is 638 g/mol. The van der Waals surface area contributed by atoms with E-state index in [0.717, 1.165) is 35.2 Å². The Kier molecular flexibility index (Phi) is 8.81. The quantitative estimate of drug-likeness (QED) is 0.360. The molecular formula is C29H32F6N8O2. The zero-order chi connectivity index (χ0) is 32.6. The molecule has 1 aromatic carbocycles. The number of benzene rings is 1. The number of methoxy groups -OCH3 is 1. The molecule has 45 heavy (non-hydrogen) atoms. The van der Waals surface area contributed by atoms with Crippen molar-refractivity contribution >= 4 is 29.7 Å². The van der Waals surface area contributed by atoms with Crippen molar-refractivity contribution in [3.63, 3.8) is 0 Å². The van der Waals surface area contributed by atoms with Crippen LogP contribution in [0, 0.1) is 5.92 Å². The maximum absolute atomic E-state index is 13.3. The van der Waals surface area contributed by atoms with Gasteiger partial charge in [0.1, 0.15) is 24.0 Å². The third kappa shape index (κ3) is 6.61. The van der Waals surface area contributed by atoms with E-state index in [2.05, 4.69) is 25.7 Å². The third-order valence-corrected chi connectivity index (χ3v) is 8.49. The van der Waals surface area contributed by atoms with Crippen molar-refractivity contribution in [2.45, 2.75) is 43.6 Å². The number of aliphatic imine (C=N–C) groups is 1. The highest BCUT2D eigenvalue weighted by atomic mass is 19.4. The van der Waals surface area contributed by atoms with E-state index in [-0.39, 0.29) is 38.4 Å². The normalized spacial score (nSPS) is 22.8. The third-order valence-electron chi connectivity index (χ3n) is 8.49. The zero-order valence-corrected chi connectivity index (χ0v) is 24.4. The van der Waals surface area contributed by atoms with Crippen molar-refractivity contribution in [1.29, 1.82) is 0 Å². The predicted molar refractivity (Wildman–Crippen MR) is 156 cm³/mol. The van der Waals surface area contributed by atoms with Crippen LogP contribution in [0.25, 0.3) is 0 Å². The van der Waals surface area contributed by atoms with Gasteiger partial charge in [0.05, 0.1) is 23.8 Å². The van der Waals surface area contributed by atoms with Gasteiger partial charge in [0.2, 0.25) is 0 Å². The fourth-order valence-corrected chi connectivity index (χ4v) is 6.14. The lowest BCUT2D eigenvalue weighted by Crippen LogP contribution is -2.52. The number of amidine groups is 1. The van der Waals surface area contributed by atoms with Crippen LogP contribution in [0.5, 0.6) is 0 Å². The number of halogens is 6. The number of urea groups is 1. The summed E-state index contributed by atoms with van der Waals surface area (Å²) in [5.41, 5.74) is 7.38. The summed E-state index contributed by atoms with van der Waals surface area (Å²) < 4.78 is 84.5. The molecule has 0 bridgehead atoms. The number of ether oxygens (including phenoxy) is 1. The first-order valence-electron chi connectivity index (χ1n) is 14.1. The average molecular weight is 639 g/mol. The molecule has 2 atom stereocenters. The first kappa shape index (κ1) is 32.2. The Morgan fingerprint density at radius 3 is 2.40 bits per heavy atom. The summed E-state index contributed by atoms with van der Waals surface area (Å²) in [4.78, 5) is 22.5. The number of carbonyl (C=O) groups excluding carboxylic acids is 1. The average Bonchev–Trinajstić information content (AvgIpc) is 3.22. The van der Waals surface area contributed by atoms with E-state index in [0.29, 0.717) is 18.1 Å². The van der Waals surface area contributed by atoms with Gasteiger partial charge in [-0.25, -0.2) is 14.8 Å². The number of anilines is 2. The van der Waals surface area contributed by atoms with Crippen LogP contribution in [-0.2, 0) is 16.3 Å². The molecule has 1 saturated heterocycles. The Morgan fingerprint density at radius 2 is 1.78 bits per heavy atom. The van der Waals surface area contributed by atoms with Crippen LogP contribution in [0.15, 0.2) is 64.0 Å². The van der Waals surface area contributed by atoms with Gasteiger partial charge in [0.15, 0.2) is 0 Å². The Morgan fingerprint density at radius 1 is 1.09 bits per heavy atom. The molecule has 2 aromatic rings. The van der Waals surface area contributed by atoms with Gasteiger partial charge < -0.3 is 15.8 Å². The lowest BCUT2D eigenvalue weighted by molar-refractivity contribution is -0.184. The smallest absolute Gasteiger partial charge is 0.385 e. The second-order valence-electron chi connectivity index (χ2n) is 11.3. The molecule has 4 heterocycles. The van der Waals surface area contributed by atoms with Crippen LogP contribution in [0.3, 0.4) is 0 Å². The first-order valence-corrected chi connectivity index (χ1v) is 14.1. The number of carbonyl (C=O) groups is 1. The number of aromatic nitrogens is 1. The van der Waals surface area contributed by atoms with E-state index in [1.807, 2.05) is 11.8 Å². The maximum atomic E-state index is 13.3. The first-order chi connectivity index (χ1) is 21.2. The molecule has 10 nitrogen and oxygen atoms in total. The maximum Gasteiger partial charge on any atom is 0.416 e. The number of fused-ring (bicyclic) bond motifs is 1. The Hall–Kier alpha value is -4.18. The fourth-order valence-electron chi connectivity index (χ4n) is 6.14. The molecule has 1 aromatic heterocycles. The van der Waals surface area contributed by atoms with Gasteiger partial charge in [-0.1, -0.05) is 12.1 Å². The lowest BCUT2D eigenvalue weighted by atomic mass is 9.71. The van der Waals surface area contributed by atoms with Crippen molar-refractivity contribution in [3.8, 4) is 0 Å². The van der Waals surface area contributed by atoms with E-state index in [1.54, 1.807) is 36.4 Å². The molecule has 2 unspecified atom stereocenters. The van der Waals surface area contributed by atoms with Crippen LogP contribution in [-0.4, -0.2) is 78.7 Å². The summed E-state index contributed by atoms with van der Waals surface area (Å²) >= 11 is 0. The minimum atomic E-state index is -4.59. The highest BCUT2D eigenvalue weighted by Crippen LogP contribution is 2.48. The van der Waals surface area contributed by atoms with E-state index in [1.165, 1.54) is 6.34 Å². The molecule has 242 valence electrons. The molecule has 0 saturated carbocycles. The van der Waals surface area contributed by atoms with E-state index in [9.17, 15) is 31.1 Å². The Labute approximate surface area is 255 Å². The van der Waals surface area contributed by atoms with Gasteiger partial charge in [-0.2, -0.15) is 31.4 Å². The summed E-state index contributed by atoms with van der Waals surface area (Å²) in [6.07, 6.45) is -6.50. The number of rotatable bonds is 7. The van der Waals surface area contributed by atoms with Gasteiger partial charge in [-0.3, -0.25) is 15.2 Å². The number of hydrogen-bond donors (Lipinski definition) is 3. The Balaban J connectivity index is 1.38. The SMILES string of the molecule is COCC1=C(CN2CCC(C(F)(F)F)CC2)N2N=CN=C(N)C2C1(C)c1ccc(NC(=O)Nc2cc(C(F)(F)F)ccn2)cc1. The van der Waals surface area contributed by atoms with Crippen LogP contribution >= 0.6 is 0 Å². The van der Waals surface area contributed by atoms with Crippen LogP contribution in [0.4, 0.5) is 42.6 Å². The number of alkyl halides is 6. The number of hydrazone groups is 1. The number of likely N-dealkylation sites (tertiary alicyclic amines) is 1. The van der Waals surface area contributed by atoms with Crippen molar-refractivity contribution in [2.24, 2.45) is 21.7 Å². The van der Waals surface area contributed by atoms with Crippen molar-refractivity contribution < 1.29 is 35.9 Å². The summed E-state index contributed by atoms with van der Waals surface area (Å²) in [5.74, 6) is -1.30. The topological polar surface area (TPSA) is 120 Å². The van der Waals surface area contributed by atoms with Gasteiger partial charge in [0.25, 0.3) is 0 Å². The number of hydrogen-bond acceptors (Lipinski definition) is 8. The van der Waals surface area contributed by atoms with Crippen LogP contribution in [0.1, 0.15) is 30.9 Å². The van der Waals surface area contributed by atoms with Crippen molar-refractivity contribution in [3.05, 3.63) is 65.0 Å². The van der Waals surface area contributed by atoms with Crippen molar-refractivity contribution in [2.75, 3.05) is 44.0 Å². The number of amides is 2. The molecule has 2 amide bonds. The standard InChI is InChI=1S/C29H32F6N8O2/c1-27(17-3-5-20(6-4-17)40-26(44)41-23-13-19(7-10-37-23)29(33,34)35)21(15-45-2)22(43-24(27)25(36)38-16-39-43)14-42-11-8-18(9-12-42)28(30,31)32/h3-7,10,13,16,18,24H,8-9,11-12,14-15H2,1-2H3,(H2,36,38,39)(H2,37,40,41,44). The summed E-state index contributed by atoms with van der Waals surface area (Å²) in [5, 5.41) is 11.1. The second kappa shape index (κ2) is 12.3. The van der Waals surface area contributed by atoms with Crippen LogP contribution < -0.4 is 16.4 Å². The number of piperidine rings is 1. The van der Waals surface area contributed by atoms with Gasteiger partial charge in [0, 0.05) is 31.0 Å². The summed E-state index contributed by atoms with van der Waals surface area (Å²) in [6, 6.07) is 7.00. The van der Waals surface area contributed by atoms with Crippen molar-refractivity contribution in [1.82, 2.24) is 14.9 Å². The minimum Gasteiger partial charge on any atom is -0.385 e. The number of nitrogens with zero attached hydrogens (tertiary/aromatic N) is 5. The largest absolute Gasteiger partial charge is 0.416 e. The number of pyridine rings is 1. The molecule has 0 radical (unpaired) electrons. The van der Waals surface area contributed by atoms with Gasteiger partial charge >= 0.3 is 18.4 Å². The molecule has 16 heteroatoms. The Bertz CT molecular complexity index is 1500. The number of nitrogens with one attached hydrogen (secondary N) is 2. The van der Waals surface area contributed by atoms with E-state index < -0.39 is 41.3 Å². The van der Waals surface area contributed by atoms with Gasteiger partial charge in [-0.15, -0.1) is 0 Å². The molecule has 0 aliphatic carbocycles. The van der Waals surface area contributed by atoms with Gasteiger partial charge in [-0.05, 0) is 68.3 Å². The molecule has 3 aliphatic heterocycles.